The number of hydrazine groups is 2. The lowest BCUT2D eigenvalue weighted by Gasteiger charge is -2.55. The van der Waals surface area contributed by atoms with Crippen LogP contribution in [-0.2, 0) is 33.9 Å². The van der Waals surface area contributed by atoms with E-state index >= 15 is 0 Å². The fourth-order valence-electron chi connectivity index (χ4n) is 7.23. The van der Waals surface area contributed by atoms with Gasteiger partial charge in [-0.2, -0.15) is 0 Å². The number of urea groups is 1. The molecule has 3 heterocycles. The van der Waals surface area contributed by atoms with Crippen LogP contribution in [-0.4, -0.2) is 130 Å². The molecule has 2 atom stereocenters. The van der Waals surface area contributed by atoms with Crippen LogP contribution in [0.4, 0.5) is 16.2 Å². The number of nitrogens with two attached hydrogens (primary N) is 2. The van der Waals surface area contributed by atoms with E-state index in [0.29, 0.717) is 30.0 Å². The molecule has 0 radical (unpaired) electrons. The maximum absolute atomic E-state index is 14.6. The summed E-state index contributed by atoms with van der Waals surface area (Å²) in [6.07, 6.45) is 0.896. The highest BCUT2D eigenvalue weighted by atomic mass is 16.3. The number of likely N-dealkylation sites (N-methyl/N-ethyl adjacent to an activating group) is 1. The van der Waals surface area contributed by atoms with Crippen molar-refractivity contribution in [2.75, 3.05) is 70.1 Å². The third-order valence-corrected chi connectivity index (χ3v) is 9.99. The molecule has 0 bridgehead atoms. The summed E-state index contributed by atoms with van der Waals surface area (Å²) < 4.78 is 0. The Bertz CT molecular complexity index is 1800. The second-order valence-corrected chi connectivity index (χ2v) is 13.7. The number of nitrogen functional groups attached to an aromatic ring is 1. The van der Waals surface area contributed by atoms with Crippen LogP contribution < -0.4 is 21.9 Å². The number of nitrogens with zero attached hydrogens (tertiary/aromatic N) is 7. The van der Waals surface area contributed by atoms with Gasteiger partial charge in [-0.05, 0) is 41.9 Å². The minimum Gasteiger partial charge on any atom is -0.508 e. The average molecular weight is 725 g/mol. The summed E-state index contributed by atoms with van der Waals surface area (Å²) in [5.74, 6) is 5.89. The van der Waals surface area contributed by atoms with Crippen molar-refractivity contribution in [1.29, 1.82) is 0 Å². The van der Waals surface area contributed by atoms with Gasteiger partial charge in [0.15, 0.2) is 0 Å². The fourth-order valence-corrected chi connectivity index (χ4v) is 7.23. The molecule has 3 fully saturated rings. The van der Waals surface area contributed by atoms with Crippen LogP contribution in [0.1, 0.15) is 16.7 Å². The van der Waals surface area contributed by atoms with Crippen LogP contribution in [0.3, 0.4) is 0 Å². The van der Waals surface area contributed by atoms with Crippen LogP contribution >= 0.6 is 0 Å². The number of para-hydroxylation sites is 1. The maximum atomic E-state index is 14.6. The number of hydrogen-bond donors (Lipinski definition) is 4. The average Bonchev–Trinajstić information content (AvgIpc) is 3.14. The minimum absolute atomic E-state index is 0.0118. The number of carbonyl (C=O) groups excluding carboxylic acids is 4. The number of nitrogens with one attached hydrogen (secondary N) is 1. The monoisotopic (exact) mass is 724 g/mol. The molecule has 0 saturated carbocycles. The van der Waals surface area contributed by atoms with Gasteiger partial charge in [-0.25, -0.2) is 20.7 Å². The molecule has 3 aromatic rings. The van der Waals surface area contributed by atoms with Crippen LogP contribution in [0, 0.1) is 0 Å². The molecule has 3 saturated heterocycles. The second kappa shape index (κ2) is 16.4. The van der Waals surface area contributed by atoms with Crippen molar-refractivity contribution in [1.82, 2.24) is 34.9 Å². The molecular formula is C38H48N10O5. The van der Waals surface area contributed by atoms with E-state index in [9.17, 15) is 24.3 Å². The third-order valence-electron chi connectivity index (χ3n) is 9.99. The summed E-state index contributed by atoms with van der Waals surface area (Å²) in [6.45, 7) is 6.84. The molecule has 280 valence electrons. The Morgan fingerprint density at radius 3 is 2.40 bits per heavy atom. The molecule has 3 aromatic carbocycles. The van der Waals surface area contributed by atoms with E-state index in [1.54, 1.807) is 51.2 Å². The number of hydrogen-bond acceptors (Lipinski definition) is 10. The van der Waals surface area contributed by atoms with Gasteiger partial charge in [-0.15, -0.1) is 6.58 Å². The summed E-state index contributed by atoms with van der Waals surface area (Å²) >= 11 is 0. The molecular weight excluding hydrogens is 676 g/mol. The third kappa shape index (κ3) is 8.38. The summed E-state index contributed by atoms with van der Waals surface area (Å²) in [5, 5.41) is 17.4. The topological polar surface area (TPSA) is 175 Å². The number of rotatable bonds is 11. The quantitative estimate of drug-likeness (QED) is 0.0973. The second-order valence-electron chi connectivity index (χ2n) is 13.7. The number of phenols is 1. The Balaban J connectivity index is 1.32. The summed E-state index contributed by atoms with van der Waals surface area (Å²) in [4.78, 5) is 63.0. The lowest BCUT2D eigenvalue weighted by atomic mass is 9.98. The van der Waals surface area contributed by atoms with Crippen LogP contribution in [0.2, 0.25) is 0 Å². The standard InChI is InChI=1S/C38H48N10O5/c1-3-16-45-25-35(51)47-32(21-27-12-14-30(49)15-13-27)37(52)44(24-33(47)48(45)38(53)41-22-28-8-5-4-6-9-28)23-29-10-7-11-31(39)36(29)46(40)26-34(50)43-19-17-42(2)18-20-43/h3-15,32-33,49H,1,16-26,39-40H2,2H3,(H,41,53)/t32-,33-/m0/s1. The number of amides is 5. The zero-order valence-corrected chi connectivity index (χ0v) is 30.0. The van der Waals surface area contributed by atoms with Crippen LogP contribution in [0.5, 0.6) is 5.75 Å². The van der Waals surface area contributed by atoms with Crippen molar-refractivity contribution in [3.05, 3.63) is 102 Å². The molecule has 0 aliphatic carbocycles. The molecule has 0 unspecified atom stereocenters. The Hall–Kier alpha value is -5.64. The van der Waals surface area contributed by atoms with Gasteiger partial charge < -0.3 is 35.8 Å². The van der Waals surface area contributed by atoms with Gasteiger partial charge in [0, 0.05) is 52.2 Å². The largest absolute Gasteiger partial charge is 0.508 e. The Morgan fingerprint density at radius 1 is 0.981 bits per heavy atom. The number of piperazine rings is 2. The van der Waals surface area contributed by atoms with E-state index in [0.717, 1.165) is 24.2 Å². The first kappa shape index (κ1) is 37.1. The molecule has 0 aromatic heterocycles. The molecule has 15 nitrogen and oxygen atoms in total. The molecule has 3 aliphatic heterocycles. The molecule has 3 aliphatic rings. The molecule has 6 N–H and O–H groups in total. The van der Waals surface area contributed by atoms with Crippen molar-refractivity contribution in [2.45, 2.75) is 31.7 Å². The van der Waals surface area contributed by atoms with Crippen molar-refractivity contribution in [3.63, 3.8) is 0 Å². The highest BCUT2D eigenvalue weighted by Crippen LogP contribution is 2.33. The van der Waals surface area contributed by atoms with E-state index in [1.165, 1.54) is 27.1 Å². The van der Waals surface area contributed by atoms with Crippen molar-refractivity contribution in [3.8, 4) is 5.75 Å². The number of anilines is 2. The first-order valence-corrected chi connectivity index (χ1v) is 17.7. The minimum atomic E-state index is -0.974. The number of fused-ring (bicyclic) bond motifs is 1. The summed E-state index contributed by atoms with van der Waals surface area (Å²) in [7, 11) is 2.01. The van der Waals surface area contributed by atoms with Gasteiger partial charge in [0.05, 0.1) is 24.5 Å². The predicted molar refractivity (Wildman–Crippen MR) is 200 cm³/mol. The smallest absolute Gasteiger partial charge is 0.334 e. The highest BCUT2D eigenvalue weighted by Gasteiger charge is 2.51. The van der Waals surface area contributed by atoms with Crippen molar-refractivity contribution >= 4 is 35.1 Å². The van der Waals surface area contributed by atoms with Crippen LogP contribution in [0.15, 0.2) is 85.5 Å². The number of benzene rings is 3. The lowest BCUT2D eigenvalue weighted by molar-refractivity contribution is -0.189. The normalized spacial score (nSPS) is 19.6. The number of phenolic OH excluding ortho intramolecular Hbond substituents is 1. The Labute approximate surface area is 309 Å². The van der Waals surface area contributed by atoms with E-state index in [4.69, 9.17) is 11.6 Å². The van der Waals surface area contributed by atoms with Gasteiger partial charge in [0.25, 0.3) is 0 Å². The van der Waals surface area contributed by atoms with Gasteiger partial charge in [0.2, 0.25) is 17.7 Å². The van der Waals surface area contributed by atoms with Crippen molar-refractivity contribution < 1.29 is 24.3 Å². The van der Waals surface area contributed by atoms with Gasteiger partial charge in [-0.1, -0.05) is 60.7 Å². The molecule has 0 spiro atoms. The molecule has 15 heteroatoms. The molecule has 5 amide bonds. The first-order valence-electron chi connectivity index (χ1n) is 17.7. The summed E-state index contributed by atoms with van der Waals surface area (Å²) in [6, 6.07) is 19.8. The molecule has 53 heavy (non-hydrogen) atoms. The predicted octanol–water partition coefficient (Wildman–Crippen LogP) is 1.17. The van der Waals surface area contributed by atoms with E-state index in [2.05, 4.69) is 16.8 Å². The lowest BCUT2D eigenvalue weighted by Crippen LogP contribution is -2.76. The van der Waals surface area contributed by atoms with Gasteiger partial charge >= 0.3 is 6.03 Å². The summed E-state index contributed by atoms with van der Waals surface area (Å²) in [5.41, 5.74) is 9.48. The molecule has 6 rings (SSSR count). The van der Waals surface area contributed by atoms with Gasteiger partial charge in [-0.3, -0.25) is 19.4 Å². The maximum Gasteiger partial charge on any atom is 0.334 e. The number of aromatic hydroxyl groups is 1. The zero-order chi connectivity index (χ0) is 37.6. The highest BCUT2D eigenvalue weighted by molar-refractivity contribution is 5.92. The Morgan fingerprint density at radius 2 is 1.70 bits per heavy atom. The van der Waals surface area contributed by atoms with E-state index < -0.39 is 18.2 Å². The first-order chi connectivity index (χ1) is 25.5. The number of carbonyl (C=O) groups is 4. The van der Waals surface area contributed by atoms with Gasteiger partial charge in [0.1, 0.15) is 24.5 Å². The Kier molecular flexibility index (Phi) is 11.5. The van der Waals surface area contributed by atoms with E-state index in [1.807, 2.05) is 37.4 Å². The van der Waals surface area contributed by atoms with E-state index in [-0.39, 0.29) is 69.2 Å². The van der Waals surface area contributed by atoms with Crippen molar-refractivity contribution in [2.24, 2.45) is 5.84 Å². The SMILES string of the molecule is C=CCN1CC(=O)N2[C@@H](Cc3ccc(O)cc3)C(=O)N(Cc3cccc(N)c3N(N)CC(=O)N3CCN(C)CC3)C[C@@H]2N1C(=O)NCc1ccccc1. The zero-order valence-electron chi connectivity index (χ0n) is 30.0. The van der Waals surface area contributed by atoms with Crippen LogP contribution in [0.25, 0.3) is 0 Å². The fraction of sp³-hybridized carbons (Fsp3) is 0.368.